The average molecular weight is 447 g/mol. The second-order valence-corrected chi connectivity index (χ2v) is 7.96. The average Bonchev–Trinajstić information content (AvgIpc) is 2.99. The third-order valence-electron chi connectivity index (χ3n) is 4.98. The van der Waals surface area contributed by atoms with Gasteiger partial charge in [0.2, 0.25) is 0 Å². The molecule has 0 fully saturated rings. The van der Waals surface area contributed by atoms with Gasteiger partial charge in [-0.15, -0.1) is 0 Å². The van der Waals surface area contributed by atoms with E-state index in [1.807, 2.05) is 0 Å². The molecule has 0 aromatic heterocycles. The highest BCUT2D eigenvalue weighted by Crippen LogP contribution is 2.40. The highest BCUT2D eigenvalue weighted by atomic mass is 32.2. The fraction of sp³-hybridized carbons (Fsp3) is 0.300. The van der Waals surface area contributed by atoms with Gasteiger partial charge in [-0.2, -0.15) is 0 Å². The summed E-state index contributed by atoms with van der Waals surface area (Å²) >= 11 is -2.67. The van der Waals surface area contributed by atoms with E-state index >= 15 is 0 Å². The van der Waals surface area contributed by atoms with Gasteiger partial charge in [0.15, 0.2) is 11.5 Å². The first kappa shape index (κ1) is 22.4. The van der Waals surface area contributed by atoms with E-state index in [0.29, 0.717) is 23.7 Å². The summed E-state index contributed by atoms with van der Waals surface area (Å²) < 4.78 is 34.5. The number of fused-ring (bicyclic) bond motifs is 1. The number of methoxy groups -OCH3 is 1. The Morgan fingerprint density at radius 3 is 2.45 bits per heavy atom. The Morgan fingerprint density at radius 2 is 1.87 bits per heavy atom. The fourth-order valence-electron chi connectivity index (χ4n) is 3.57. The van der Waals surface area contributed by atoms with Crippen molar-refractivity contribution < 1.29 is 32.7 Å². The van der Waals surface area contributed by atoms with Crippen molar-refractivity contribution >= 4 is 28.6 Å². The van der Waals surface area contributed by atoms with Crippen LogP contribution in [0.25, 0.3) is 0 Å². The molecule has 2 aromatic carbocycles. The standard InChI is InChI=1S/C20H20N2O8S/c1-4-30-16-10-12(8-9-15(16)29-3)18(11(2)31(27)28)21-19(23)13-6-5-7-14(22(25)26)17(13)20(21)24/h5-11,18H,4H2,1-3H3,(H,27,28)/p-1. The quantitative estimate of drug-likeness (QED) is 0.260. The monoisotopic (exact) mass is 447 g/mol. The van der Waals surface area contributed by atoms with Crippen LogP contribution in [0.3, 0.4) is 0 Å². The number of amides is 2. The van der Waals surface area contributed by atoms with E-state index < -0.39 is 44.8 Å². The number of nitro groups is 1. The number of benzene rings is 2. The highest BCUT2D eigenvalue weighted by Gasteiger charge is 2.46. The summed E-state index contributed by atoms with van der Waals surface area (Å²) in [5, 5.41) is 10.2. The predicted octanol–water partition coefficient (Wildman–Crippen LogP) is 2.61. The fourth-order valence-corrected chi connectivity index (χ4v) is 4.06. The third-order valence-corrected chi connectivity index (χ3v) is 5.84. The van der Waals surface area contributed by atoms with Gasteiger partial charge in [0.25, 0.3) is 17.5 Å². The molecular weight excluding hydrogens is 428 g/mol. The zero-order valence-electron chi connectivity index (χ0n) is 16.9. The number of nitrogens with zero attached hydrogens (tertiary/aromatic N) is 2. The topological polar surface area (TPSA) is 139 Å². The number of carbonyl (C=O) groups excluding carboxylic acids is 2. The Bertz CT molecular complexity index is 1090. The largest absolute Gasteiger partial charge is 0.772 e. The molecular formula is C20H19N2O8S-. The molecule has 31 heavy (non-hydrogen) atoms. The van der Waals surface area contributed by atoms with Crippen LogP contribution in [0.4, 0.5) is 5.69 Å². The molecule has 3 unspecified atom stereocenters. The highest BCUT2D eigenvalue weighted by molar-refractivity contribution is 7.79. The summed E-state index contributed by atoms with van der Waals surface area (Å²) in [4.78, 5) is 37.6. The second-order valence-electron chi connectivity index (χ2n) is 6.69. The molecule has 1 heterocycles. The molecule has 0 saturated carbocycles. The summed E-state index contributed by atoms with van der Waals surface area (Å²) in [7, 11) is 1.44. The van der Waals surface area contributed by atoms with Crippen molar-refractivity contribution in [2.45, 2.75) is 25.1 Å². The SMILES string of the molecule is CCOc1cc(C(C(C)S(=O)[O-])N2C(=O)c3cccc([N+](=O)[O-])c3C2=O)ccc1OC. The third kappa shape index (κ3) is 3.89. The maximum atomic E-state index is 13.2. The lowest BCUT2D eigenvalue weighted by molar-refractivity contribution is -0.385. The van der Waals surface area contributed by atoms with E-state index in [4.69, 9.17) is 9.47 Å². The van der Waals surface area contributed by atoms with Crippen LogP contribution >= 0.6 is 0 Å². The maximum Gasteiger partial charge on any atom is 0.282 e. The molecule has 0 radical (unpaired) electrons. The first-order valence-corrected chi connectivity index (χ1v) is 10.4. The van der Waals surface area contributed by atoms with Gasteiger partial charge >= 0.3 is 0 Å². The van der Waals surface area contributed by atoms with E-state index in [0.717, 1.165) is 11.0 Å². The van der Waals surface area contributed by atoms with Crippen LogP contribution in [0.15, 0.2) is 36.4 Å². The van der Waals surface area contributed by atoms with Crippen molar-refractivity contribution in [3.63, 3.8) is 0 Å². The molecule has 10 nitrogen and oxygen atoms in total. The molecule has 2 aromatic rings. The van der Waals surface area contributed by atoms with Crippen LogP contribution in [-0.4, -0.2) is 49.4 Å². The maximum absolute atomic E-state index is 13.2. The van der Waals surface area contributed by atoms with Crippen LogP contribution < -0.4 is 9.47 Å². The number of carbonyl (C=O) groups is 2. The molecule has 3 atom stereocenters. The normalized spacial score (nSPS) is 15.9. The van der Waals surface area contributed by atoms with Gasteiger partial charge in [0, 0.05) is 11.3 Å². The molecule has 2 amide bonds. The second kappa shape index (κ2) is 8.82. The summed E-state index contributed by atoms with van der Waals surface area (Å²) in [6, 6.07) is 7.04. The van der Waals surface area contributed by atoms with Crippen molar-refractivity contribution in [3.8, 4) is 11.5 Å². The minimum atomic E-state index is -2.67. The van der Waals surface area contributed by atoms with Crippen molar-refractivity contribution in [1.29, 1.82) is 0 Å². The van der Waals surface area contributed by atoms with Crippen LogP contribution in [-0.2, 0) is 11.1 Å². The molecule has 11 heteroatoms. The molecule has 3 rings (SSSR count). The smallest absolute Gasteiger partial charge is 0.282 e. The first-order chi connectivity index (χ1) is 14.7. The zero-order valence-corrected chi connectivity index (χ0v) is 17.7. The Hall–Kier alpha value is -3.31. The molecule has 0 aliphatic carbocycles. The number of ether oxygens (including phenoxy) is 2. The zero-order chi connectivity index (χ0) is 22.9. The lowest BCUT2D eigenvalue weighted by Gasteiger charge is -2.33. The van der Waals surface area contributed by atoms with E-state index in [9.17, 15) is 28.5 Å². The van der Waals surface area contributed by atoms with E-state index in [1.54, 1.807) is 6.92 Å². The minimum absolute atomic E-state index is 0.147. The first-order valence-electron chi connectivity index (χ1n) is 9.27. The molecule has 0 spiro atoms. The van der Waals surface area contributed by atoms with E-state index in [1.165, 1.54) is 44.4 Å². The van der Waals surface area contributed by atoms with Gasteiger partial charge in [0.1, 0.15) is 5.56 Å². The Labute approximate surface area is 180 Å². The number of nitro benzene ring substituents is 1. The van der Waals surface area contributed by atoms with Crippen LogP contribution in [0, 0.1) is 10.1 Å². The lowest BCUT2D eigenvalue weighted by Crippen LogP contribution is -2.41. The minimum Gasteiger partial charge on any atom is -0.772 e. The van der Waals surface area contributed by atoms with Gasteiger partial charge in [0.05, 0.1) is 30.2 Å². The van der Waals surface area contributed by atoms with Crippen molar-refractivity contribution in [1.82, 2.24) is 4.90 Å². The van der Waals surface area contributed by atoms with Crippen molar-refractivity contribution in [2.24, 2.45) is 0 Å². The molecule has 164 valence electrons. The van der Waals surface area contributed by atoms with E-state index in [2.05, 4.69) is 0 Å². The molecule has 0 bridgehead atoms. The summed E-state index contributed by atoms with van der Waals surface area (Å²) in [6.45, 7) is 3.39. The lowest BCUT2D eigenvalue weighted by atomic mass is 10.0. The van der Waals surface area contributed by atoms with Crippen molar-refractivity contribution in [2.75, 3.05) is 13.7 Å². The Kier molecular flexibility index (Phi) is 6.37. The van der Waals surface area contributed by atoms with Crippen LogP contribution in [0.2, 0.25) is 0 Å². The van der Waals surface area contributed by atoms with Gasteiger partial charge in [-0.3, -0.25) is 28.8 Å². The summed E-state index contributed by atoms with van der Waals surface area (Å²) in [5.74, 6) is -1.04. The number of hydrogen-bond donors (Lipinski definition) is 0. The van der Waals surface area contributed by atoms with Gasteiger partial charge in [-0.1, -0.05) is 12.1 Å². The van der Waals surface area contributed by atoms with Gasteiger partial charge < -0.3 is 14.0 Å². The van der Waals surface area contributed by atoms with Crippen molar-refractivity contribution in [3.05, 3.63) is 63.2 Å². The summed E-state index contributed by atoms with van der Waals surface area (Å²) in [6.07, 6.45) is 0. The molecule has 1 aliphatic rings. The van der Waals surface area contributed by atoms with Crippen LogP contribution in [0.5, 0.6) is 11.5 Å². The molecule has 0 N–H and O–H groups in total. The van der Waals surface area contributed by atoms with Crippen LogP contribution in [0.1, 0.15) is 46.2 Å². The van der Waals surface area contributed by atoms with Gasteiger partial charge in [-0.05, 0) is 48.7 Å². The van der Waals surface area contributed by atoms with Gasteiger partial charge in [-0.25, -0.2) is 0 Å². The summed E-state index contributed by atoms with van der Waals surface area (Å²) in [5.41, 5.74) is -0.715. The molecule has 1 aliphatic heterocycles. The predicted molar refractivity (Wildman–Crippen MR) is 109 cm³/mol. The Morgan fingerprint density at radius 1 is 1.16 bits per heavy atom. The Balaban J connectivity index is 2.17. The molecule has 0 saturated heterocycles. The number of imide groups is 1. The van der Waals surface area contributed by atoms with E-state index in [-0.39, 0.29) is 11.1 Å². The number of rotatable bonds is 8. The number of hydrogen-bond acceptors (Lipinski definition) is 8.